The Balaban J connectivity index is 1.48. The maximum atomic E-state index is 6.11. The second kappa shape index (κ2) is 5.25. The van der Waals surface area contributed by atoms with E-state index in [1.54, 1.807) is 0 Å². The summed E-state index contributed by atoms with van der Waals surface area (Å²) in [4.78, 5) is 2.74. The molecule has 0 aliphatic carbocycles. The summed E-state index contributed by atoms with van der Waals surface area (Å²) >= 11 is 0. The van der Waals surface area contributed by atoms with Crippen LogP contribution in [-0.2, 0) is 4.74 Å². The van der Waals surface area contributed by atoms with Crippen molar-refractivity contribution in [3.8, 4) is 0 Å². The first-order valence-corrected chi connectivity index (χ1v) is 7.46. The number of fused-ring (bicyclic) bond motifs is 2. The van der Waals surface area contributed by atoms with Crippen molar-refractivity contribution in [3.05, 3.63) is 0 Å². The Kier molecular flexibility index (Phi) is 3.69. The molecule has 3 fully saturated rings. The molecular weight excluding hydrogens is 212 g/mol. The largest absolute Gasteiger partial charge is 0.378 e. The Morgan fingerprint density at radius 3 is 2.47 bits per heavy atom. The molecule has 0 radical (unpaired) electrons. The third kappa shape index (κ3) is 2.67. The van der Waals surface area contributed by atoms with Gasteiger partial charge in [-0.3, -0.25) is 4.90 Å². The zero-order valence-corrected chi connectivity index (χ0v) is 10.8. The summed E-state index contributed by atoms with van der Waals surface area (Å²) in [6, 6.07) is 2.04. The molecule has 0 amide bonds. The van der Waals surface area contributed by atoms with Gasteiger partial charge in [-0.05, 0) is 51.4 Å². The minimum atomic E-state index is 0.467. The highest BCUT2D eigenvalue weighted by Gasteiger charge is 2.39. The minimum Gasteiger partial charge on any atom is -0.378 e. The third-order valence-electron chi connectivity index (χ3n) is 4.90. The number of nitrogens with zero attached hydrogens (tertiary/aromatic N) is 1. The molecule has 0 aromatic rings. The Hall–Kier alpha value is -0.120. The number of rotatable bonds is 3. The Bertz CT molecular complexity index is 239. The van der Waals surface area contributed by atoms with Crippen LogP contribution in [0, 0.1) is 0 Å². The normalized spacial score (nSPS) is 42.9. The van der Waals surface area contributed by atoms with Crippen molar-refractivity contribution < 1.29 is 4.74 Å². The summed E-state index contributed by atoms with van der Waals surface area (Å²) in [7, 11) is 0. The van der Waals surface area contributed by atoms with Crippen LogP contribution in [0.15, 0.2) is 0 Å². The number of ether oxygens (including phenoxy) is 1. The van der Waals surface area contributed by atoms with E-state index in [0.717, 1.165) is 18.7 Å². The molecule has 3 aliphatic rings. The van der Waals surface area contributed by atoms with E-state index in [4.69, 9.17) is 10.5 Å². The van der Waals surface area contributed by atoms with Gasteiger partial charge in [0.1, 0.15) is 0 Å². The van der Waals surface area contributed by atoms with Crippen molar-refractivity contribution in [1.82, 2.24) is 4.90 Å². The zero-order chi connectivity index (χ0) is 11.7. The molecule has 0 saturated carbocycles. The average Bonchev–Trinajstić information content (AvgIpc) is 2.59. The Labute approximate surface area is 105 Å². The number of hydrogen-bond acceptors (Lipinski definition) is 3. The molecule has 0 aromatic carbocycles. The quantitative estimate of drug-likeness (QED) is 0.816. The fourth-order valence-corrected chi connectivity index (χ4v) is 4.01. The first-order chi connectivity index (χ1) is 8.33. The van der Waals surface area contributed by atoms with Crippen LogP contribution in [0.3, 0.4) is 0 Å². The van der Waals surface area contributed by atoms with Crippen molar-refractivity contribution in [1.29, 1.82) is 0 Å². The van der Waals surface area contributed by atoms with Gasteiger partial charge in [0.15, 0.2) is 0 Å². The number of piperidine rings is 1. The minimum absolute atomic E-state index is 0.467. The predicted octanol–water partition coefficient (Wildman–Crippen LogP) is 1.90. The Morgan fingerprint density at radius 1 is 1.06 bits per heavy atom. The van der Waals surface area contributed by atoms with Gasteiger partial charge in [-0.1, -0.05) is 0 Å². The highest BCUT2D eigenvalue weighted by molar-refractivity contribution is 4.96. The molecule has 0 spiro atoms. The lowest BCUT2D eigenvalue weighted by Gasteiger charge is -2.38. The van der Waals surface area contributed by atoms with Crippen LogP contribution in [-0.4, -0.2) is 42.3 Å². The summed E-state index contributed by atoms with van der Waals surface area (Å²) in [5, 5.41) is 0. The third-order valence-corrected chi connectivity index (χ3v) is 4.90. The van der Waals surface area contributed by atoms with E-state index in [-0.39, 0.29) is 0 Å². The van der Waals surface area contributed by atoms with Crippen molar-refractivity contribution in [2.75, 3.05) is 13.2 Å². The van der Waals surface area contributed by atoms with Gasteiger partial charge in [-0.2, -0.15) is 0 Å². The summed E-state index contributed by atoms with van der Waals surface area (Å²) in [5.41, 5.74) is 6.11. The van der Waals surface area contributed by atoms with E-state index in [1.807, 2.05) is 0 Å². The van der Waals surface area contributed by atoms with Crippen molar-refractivity contribution in [3.63, 3.8) is 0 Å². The van der Waals surface area contributed by atoms with E-state index < -0.39 is 0 Å². The van der Waals surface area contributed by atoms with Crippen LogP contribution >= 0.6 is 0 Å². The lowest BCUT2D eigenvalue weighted by Crippen LogP contribution is -2.48. The molecule has 2 N–H and O–H groups in total. The van der Waals surface area contributed by atoms with Crippen LogP contribution in [0.2, 0.25) is 0 Å². The van der Waals surface area contributed by atoms with E-state index in [9.17, 15) is 0 Å². The lowest BCUT2D eigenvalue weighted by molar-refractivity contribution is -0.000772. The van der Waals surface area contributed by atoms with E-state index in [0.29, 0.717) is 12.1 Å². The van der Waals surface area contributed by atoms with E-state index >= 15 is 0 Å². The number of hydrogen-bond donors (Lipinski definition) is 1. The molecule has 3 atom stereocenters. The average molecular weight is 238 g/mol. The highest BCUT2D eigenvalue weighted by atomic mass is 16.5. The van der Waals surface area contributed by atoms with Crippen LogP contribution < -0.4 is 5.73 Å². The van der Waals surface area contributed by atoms with Crippen LogP contribution in [0.5, 0.6) is 0 Å². The highest BCUT2D eigenvalue weighted by Crippen LogP contribution is 2.35. The van der Waals surface area contributed by atoms with Gasteiger partial charge < -0.3 is 10.5 Å². The first-order valence-electron chi connectivity index (χ1n) is 7.46. The molecule has 17 heavy (non-hydrogen) atoms. The van der Waals surface area contributed by atoms with Crippen molar-refractivity contribution in [2.45, 2.75) is 75.6 Å². The van der Waals surface area contributed by atoms with Crippen molar-refractivity contribution >= 4 is 0 Å². The predicted molar refractivity (Wildman–Crippen MR) is 68.9 cm³/mol. The van der Waals surface area contributed by atoms with Gasteiger partial charge >= 0.3 is 0 Å². The molecule has 3 aliphatic heterocycles. The smallest absolute Gasteiger partial charge is 0.0587 e. The van der Waals surface area contributed by atoms with E-state index in [1.165, 1.54) is 57.9 Å². The molecule has 3 heterocycles. The van der Waals surface area contributed by atoms with Gasteiger partial charge in [-0.15, -0.1) is 0 Å². The molecule has 3 unspecified atom stereocenters. The maximum absolute atomic E-state index is 6.11. The molecule has 3 rings (SSSR count). The standard InChI is InChI=1S/C14H26N2O/c15-11-9-12-4-5-13(10-11)16(12)7-6-14-3-1-2-8-17-14/h11-14H,1-10,15H2. The topological polar surface area (TPSA) is 38.5 Å². The van der Waals surface area contributed by atoms with Gasteiger partial charge in [0.05, 0.1) is 6.10 Å². The summed E-state index contributed by atoms with van der Waals surface area (Å²) in [5.74, 6) is 0. The molecule has 2 bridgehead atoms. The van der Waals surface area contributed by atoms with Crippen LogP contribution in [0.25, 0.3) is 0 Å². The molecule has 3 saturated heterocycles. The molecular formula is C14H26N2O. The van der Waals surface area contributed by atoms with Crippen LogP contribution in [0.4, 0.5) is 0 Å². The lowest BCUT2D eigenvalue weighted by atomic mass is 9.97. The van der Waals surface area contributed by atoms with Gasteiger partial charge in [0.2, 0.25) is 0 Å². The second-order valence-corrected chi connectivity index (χ2v) is 6.13. The van der Waals surface area contributed by atoms with Gasteiger partial charge in [-0.25, -0.2) is 0 Å². The Morgan fingerprint density at radius 2 is 1.82 bits per heavy atom. The monoisotopic (exact) mass is 238 g/mol. The SMILES string of the molecule is NC1CC2CCC(C1)N2CCC1CCCCO1. The molecule has 3 nitrogen and oxygen atoms in total. The summed E-state index contributed by atoms with van der Waals surface area (Å²) in [6.45, 7) is 2.23. The van der Waals surface area contributed by atoms with Gasteiger partial charge in [0, 0.05) is 31.3 Å². The fraction of sp³-hybridized carbons (Fsp3) is 1.00. The number of nitrogens with two attached hydrogens (primary N) is 1. The van der Waals surface area contributed by atoms with E-state index in [2.05, 4.69) is 4.90 Å². The molecule has 0 aromatic heterocycles. The summed E-state index contributed by atoms with van der Waals surface area (Å²) in [6.07, 6.45) is 10.9. The molecule has 98 valence electrons. The van der Waals surface area contributed by atoms with Crippen molar-refractivity contribution in [2.24, 2.45) is 5.73 Å². The zero-order valence-electron chi connectivity index (χ0n) is 10.8. The summed E-state index contributed by atoms with van der Waals surface area (Å²) < 4.78 is 5.83. The second-order valence-electron chi connectivity index (χ2n) is 6.13. The molecule has 3 heteroatoms. The first kappa shape index (κ1) is 11.9. The maximum Gasteiger partial charge on any atom is 0.0587 e. The fourth-order valence-electron chi connectivity index (χ4n) is 4.01. The van der Waals surface area contributed by atoms with Gasteiger partial charge in [0.25, 0.3) is 0 Å². The van der Waals surface area contributed by atoms with Crippen LogP contribution in [0.1, 0.15) is 51.4 Å².